The summed E-state index contributed by atoms with van der Waals surface area (Å²) in [6.07, 6.45) is 0. The first kappa shape index (κ1) is 11.4. The first-order valence-corrected chi connectivity index (χ1v) is 5.89. The molecule has 0 bridgehead atoms. The van der Waals surface area contributed by atoms with Gasteiger partial charge in [-0.15, -0.1) is 0 Å². The molecular weight excluding hydrogens is 289 g/mol. The van der Waals surface area contributed by atoms with Crippen molar-refractivity contribution in [3.63, 3.8) is 0 Å². The smallest absolute Gasteiger partial charge is 0.220 e. The number of pyridine rings is 1. The predicted molar refractivity (Wildman–Crippen MR) is 68.2 cm³/mol. The first-order valence-electron chi connectivity index (χ1n) is 4.72. The molecule has 0 aliphatic rings. The second-order valence-electron chi connectivity index (χ2n) is 3.31. The molecule has 0 atom stereocenters. The molecule has 82 valence electrons. The van der Waals surface area contributed by atoms with E-state index in [2.05, 4.69) is 20.9 Å². The third kappa shape index (κ3) is 2.74. The van der Waals surface area contributed by atoms with Crippen molar-refractivity contribution >= 4 is 27.5 Å². The summed E-state index contributed by atoms with van der Waals surface area (Å²) >= 11 is 9.20. The summed E-state index contributed by atoms with van der Waals surface area (Å²) in [6.45, 7) is 1.96. The van der Waals surface area contributed by atoms with E-state index in [-0.39, 0.29) is 0 Å². The Hall–Kier alpha value is -1.06. The average Bonchev–Trinajstić information content (AvgIpc) is 2.24. The van der Waals surface area contributed by atoms with Gasteiger partial charge in [0.15, 0.2) is 0 Å². The van der Waals surface area contributed by atoms with E-state index in [0.717, 1.165) is 15.9 Å². The third-order valence-corrected chi connectivity index (χ3v) is 2.73. The van der Waals surface area contributed by atoms with E-state index >= 15 is 0 Å². The fraction of sp³-hybridized carbons (Fsp3) is 0.0833. The highest BCUT2D eigenvalue weighted by Gasteiger charge is 2.03. The van der Waals surface area contributed by atoms with Gasteiger partial charge in [-0.1, -0.05) is 23.7 Å². The number of halogens is 2. The Morgan fingerprint density at radius 3 is 2.81 bits per heavy atom. The largest absolute Gasteiger partial charge is 0.439 e. The van der Waals surface area contributed by atoms with Crippen molar-refractivity contribution in [3.8, 4) is 11.6 Å². The molecule has 1 aromatic heterocycles. The summed E-state index contributed by atoms with van der Waals surface area (Å²) in [7, 11) is 0. The minimum atomic E-state index is 0.541. The van der Waals surface area contributed by atoms with Crippen molar-refractivity contribution in [1.29, 1.82) is 0 Å². The number of ether oxygens (including phenoxy) is 1. The minimum absolute atomic E-state index is 0.541. The maximum Gasteiger partial charge on any atom is 0.220 e. The molecule has 0 unspecified atom stereocenters. The molecule has 0 radical (unpaired) electrons. The second kappa shape index (κ2) is 4.85. The van der Waals surface area contributed by atoms with E-state index in [9.17, 15) is 0 Å². The summed E-state index contributed by atoms with van der Waals surface area (Å²) in [4.78, 5) is 4.19. The van der Waals surface area contributed by atoms with Gasteiger partial charge in [-0.3, -0.25) is 0 Å². The van der Waals surface area contributed by atoms with Crippen LogP contribution in [0.25, 0.3) is 0 Å². The summed E-state index contributed by atoms with van der Waals surface area (Å²) in [5.74, 6) is 1.26. The molecule has 0 saturated heterocycles. The second-order valence-corrected chi connectivity index (χ2v) is 4.56. The lowest BCUT2D eigenvalue weighted by atomic mass is 10.2. The van der Waals surface area contributed by atoms with Crippen LogP contribution < -0.4 is 4.74 Å². The lowest BCUT2D eigenvalue weighted by Crippen LogP contribution is -1.90. The molecule has 0 fully saturated rings. The number of aromatic nitrogens is 1. The maximum atomic E-state index is 5.90. The van der Waals surface area contributed by atoms with E-state index in [1.807, 2.05) is 31.2 Å². The number of rotatable bonds is 2. The van der Waals surface area contributed by atoms with Crippen LogP contribution in [0.1, 0.15) is 5.56 Å². The fourth-order valence-electron chi connectivity index (χ4n) is 1.24. The molecule has 1 aromatic carbocycles. The molecular formula is C12H9BrClNO. The van der Waals surface area contributed by atoms with Gasteiger partial charge in [-0.2, -0.15) is 0 Å². The van der Waals surface area contributed by atoms with Gasteiger partial charge in [-0.05, 0) is 46.6 Å². The van der Waals surface area contributed by atoms with Crippen molar-refractivity contribution in [3.05, 3.63) is 51.6 Å². The van der Waals surface area contributed by atoms with Crippen molar-refractivity contribution in [2.45, 2.75) is 6.92 Å². The van der Waals surface area contributed by atoms with Crippen LogP contribution in [0.4, 0.5) is 0 Å². The van der Waals surface area contributed by atoms with E-state index < -0.39 is 0 Å². The van der Waals surface area contributed by atoms with Crippen LogP contribution in [-0.2, 0) is 0 Å². The number of hydrogen-bond donors (Lipinski definition) is 0. The first-order chi connectivity index (χ1) is 7.65. The topological polar surface area (TPSA) is 22.1 Å². The summed E-state index contributed by atoms with van der Waals surface area (Å²) in [5, 5.41) is 0.649. The highest BCUT2D eigenvalue weighted by atomic mass is 79.9. The maximum absolute atomic E-state index is 5.90. The van der Waals surface area contributed by atoms with E-state index in [4.69, 9.17) is 16.3 Å². The van der Waals surface area contributed by atoms with Gasteiger partial charge >= 0.3 is 0 Å². The quantitative estimate of drug-likeness (QED) is 0.756. The van der Waals surface area contributed by atoms with Crippen molar-refractivity contribution < 1.29 is 4.74 Å². The van der Waals surface area contributed by atoms with Gasteiger partial charge in [0.05, 0.1) is 0 Å². The Bertz CT molecular complexity index is 516. The number of nitrogens with zero attached hydrogens (tertiary/aromatic N) is 1. The summed E-state index contributed by atoms with van der Waals surface area (Å²) in [5.41, 5.74) is 1.02. The zero-order chi connectivity index (χ0) is 11.5. The van der Waals surface area contributed by atoms with Crippen molar-refractivity contribution in [2.24, 2.45) is 0 Å². The monoisotopic (exact) mass is 297 g/mol. The van der Waals surface area contributed by atoms with Gasteiger partial charge in [0.2, 0.25) is 5.88 Å². The van der Waals surface area contributed by atoms with Crippen LogP contribution in [0, 0.1) is 6.92 Å². The van der Waals surface area contributed by atoms with Crippen LogP contribution >= 0.6 is 27.5 Å². The molecule has 16 heavy (non-hydrogen) atoms. The van der Waals surface area contributed by atoms with Crippen molar-refractivity contribution in [2.75, 3.05) is 0 Å². The standard InChI is InChI=1S/C12H9BrClNO/c1-8-5-6-9(14)7-10(8)16-12-4-2-3-11(13)15-12/h2-7H,1H3. The van der Waals surface area contributed by atoms with Crippen LogP contribution in [0.3, 0.4) is 0 Å². The van der Waals surface area contributed by atoms with Gasteiger partial charge < -0.3 is 4.74 Å². The fourth-order valence-corrected chi connectivity index (χ4v) is 1.73. The van der Waals surface area contributed by atoms with Gasteiger partial charge in [-0.25, -0.2) is 4.98 Å². The van der Waals surface area contributed by atoms with E-state index in [1.165, 1.54) is 0 Å². The molecule has 4 heteroatoms. The Morgan fingerprint density at radius 2 is 2.06 bits per heavy atom. The van der Waals surface area contributed by atoms with Crippen molar-refractivity contribution in [1.82, 2.24) is 4.98 Å². The van der Waals surface area contributed by atoms with Gasteiger partial charge in [0, 0.05) is 11.1 Å². The molecule has 0 spiro atoms. The number of hydrogen-bond acceptors (Lipinski definition) is 2. The van der Waals surface area contributed by atoms with E-state index in [0.29, 0.717) is 10.9 Å². The van der Waals surface area contributed by atoms with Crippen LogP contribution in [0.15, 0.2) is 41.0 Å². The molecule has 2 aromatic rings. The van der Waals surface area contributed by atoms with Crippen LogP contribution in [-0.4, -0.2) is 4.98 Å². The summed E-state index contributed by atoms with van der Waals surface area (Å²) in [6, 6.07) is 11.0. The highest BCUT2D eigenvalue weighted by molar-refractivity contribution is 9.10. The van der Waals surface area contributed by atoms with Crippen LogP contribution in [0.2, 0.25) is 5.02 Å². The van der Waals surface area contributed by atoms with Gasteiger partial charge in [0.1, 0.15) is 10.4 Å². The lowest BCUT2D eigenvalue weighted by Gasteiger charge is -2.08. The molecule has 1 heterocycles. The number of benzene rings is 1. The Labute approximate surface area is 107 Å². The molecule has 0 aliphatic carbocycles. The Kier molecular flexibility index (Phi) is 3.46. The highest BCUT2D eigenvalue weighted by Crippen LogP contribution is 2.27. The lowest BCUT2D eigenvalue weighted by molar-refractivity contribution is 0.458. The average molecular weight is 299 g/mol. The van der Waals surface area contributed by atoms with E-state index in [1.54, 1.807) is 12.1 Å². The molecule has 0 saturated carbocycles. The Balaban J connectivity index is 2.30. The van der Waals surface area contributed by atoms with Crippen LogP contribution in [0.5, 0.6) is 11.6 Å². The molecule has 2 nitrogen and oxygen atoms in total. The minimum Gasteiger partial charge on any atom is -0.439 e. The molecule has 2 rings (SSSR count). The summed E-state index contributed by atoms with van der Waals surface area (Å²) < 4.78 is 6.39. The molecule has 0 aliphatic heterocycles. The molecule has 0 N–H and O–H groups in total. The third-order valence-electron chi connectivity index (χ3n) is 2.05. The number of aryl methyl sites for hydroxylation is 1. The van der Waals surface area contributed by atoms with Gasteiger partial charge in [0.25, 0.3) is 0 Å². The zero-order valence-electron chi connectivity index (χ0n) is 8.58. The normalized spacial score (nSPS) is 10.2. The SMILES string of the molecule is Cc1ccc(Cl)cc1Oc1cccc(Br)n1. The predicted octanol–water partition coefficient (Wildman–Crippen LogP) is 4.60. The Morgan fingerprint density at radius 1 is 1.25 bits per heavy atom. The zero-order valence-corrected chi connectivity index (χ0v) is 10.9. The molecule has 0 amide bonds.